The van der Waals surface area contributed by atoms with Gasteiger partial charge in [0.1, 0.15) is 73.2 Å². The summed E-state index contributed by atoms with van der Waals surface area (Å²) < 4.78 is 34.5. The Morgan fingerprint density at radius 3 is 0.942 bits per heavy atom. The van der Waals surface area contributed by atoms with Crippen molar-refractivity contribution in [1.29, 1.82) is 0 Å². The Balaban J connectivity index is 1.33. The van der Waals surface area contributed by atoms with Crippen LogP contribution in [0.25, 0.3) is 0 Å². The minimum atomic E-state index is -1.98. The summed E-state index contributed by atoms with van der Waals surface area (Å²) in [5, 5.41) is 121. The number of ether oxygens (including phenoxy) is 6. The number of rotatable bonds is 70. The van der Waals surface area contributed by atoms with E-state index in [4.69, 9.17) is 28.4 Å². The molecule has 0 spiro atoms. The van der Waals surface area contributed by atoms with Crippen LogP contribution in [0.1, 0.15) is 373 Å². The lowest BCUT2D eigenvalue weighted by Crippen LogP contribution is -2.66. The molecule has 3 fully saturated rings. The number of nitrogens with one attached hydrogen (secondary N) is 1. The van der Waals surface area contributed by atoms with E-state index >= 15 is 0 Å². The van der Waals surface area contributed by atoms with Crippen LogP contribution in [0.2, 0.25) is 0 Å². The van der Waals surface area contributed by atoms with Gasteiger partial charge in [0, 0.05) is 6.42 Å². The van der Waals surface area contributed by atoms with Gasteiger partial charge in [-0.1, -0.05) is 346 Å². The highest BCUT2D eigenvalue weighted by atomic mass is 16.8. The molecule has 3 saturated heterocycles. The summed E-state index contributed by atoms with van der Waals surface area (Å²) in [6.45, 7) is 1.80. The van der Waals surface area contributed by atoms with Gasteiger partial charge in [0.15, 0.2) is 18.9 Å². The monoisotopic (exact) mass is 1470 g/mol. The highest BCUT2D eigenvalue weighted by molar-refractivity contribution is 5.76. The second-order valence-corrected chi connectivity index (χ2v) is 31.0. The number of carbonyl (C=O) groups is 1. The topological polar surface area (TPSA) is 307 Å². The molecule has 103 heavy (non-hydrogen) atoms. The van der Waals surface area contributed by atoms with Crippen molar-refractivity contribution >= 4 is 5.91 Å². The molecule has 19 nitrogen and oxygen atoms in total. The first-order valence-electron chi connectivity index (χ1n) is 43.1. The molecule has 0 aliphatic carbocycles. The second-order valence-electron chi connectivity index (χ2n) is 31.0. The maximum absolute atomic E-state index is 13.5. The molecular formula is C84H159NO18. The summed E-state index contributed by atoms with van der Waals surface area (Å²) in [5.41, 5.74) is 0. The Kier molecular flexibility index (Phi) is 60.3. The Hall–Kier alpha value is -1.73. The number of amides is 1. The van der Waals surface area contributed by atoms with Gasteiger partial charge in [-0.15, -0.1) is 0 Å². The van der Waals surface area contributed by atoms with E-state index in [1.54, 1.807) is 6.08 Å². The number of hydrogen-bond acceptors (Lipinski definition) is 18. The van der Waals surface area contributed by atoms with Crippen molar-refractivity contribution in [1.82, 2.24) is 5.32 Å². The molecule has 0 radical (unpaired) electrons. The molecule has 608 valence electrons. The third-order valence-electron chi connectivity index (χ3n) is 21.7. The summed E-state index contributed by atoms with van der Waals surface area (Å²) in [5.74, 6) is -0.267. The Morgan fingerprint density at radius 1 is 0.340 bits per heavy atom. The molecule has 0 saturated carbocycles. The summed E-state index contributed by atoms with van der Waals surface area (Å²) in [6.07, 6.45) is 53.3. The molecule has 3 rings (SSSR count). The van der Waals surface area contributed by atoms with E-state index in [9.17, 15) is 61.0 Å². The average molecular weight is 1470 g/mol. The smallest absolute Gasteiger partial charge is 0.220 e. The molecule has 17 unspecified atom stereocenters. The number of unbranched alkanes of at least 4 members (excludes halogenated alkanes) is 52. The molecule has 0 aromatic carbocycles. The minimum absolute atomic E-state index is 0.249. The van der Waals surface area contributed by atoms with E-state index in [1.807, 2.05) is 6.08 Å². The Morgan fingerprint density at radius 2 is 0.612 bits per heavy atom. The Labute approximate surface area is 626 Å². The van der Waals surface area contributed by atoms with Gasteiger partial charge in [-0.05, 0) is 44.9 Å². The fraction of sp³-hybridized carbons (Fsp3) is 0.940. The second kappa shape index (κ2) is 65.0. The standard InChI is InChI=1S/C84H159NO18/c1-3-5-7-9-11-13-15-17-19-21-23-25-27-28-29-30-31-32-33-34-35-36-37-38-40-42-44-46-48-50-52-54-56-58-60-62-72(90)85-67(68(89)61-59-57-55-53-51-49-47-45-43-41-39-26-24-22-20-18-16-14-12-10-8-6-4-2)66-98-82-78(96)75(93)80(70(64-87)100-82)103-84-79(97)76(94)81(71(65-88)101-84)102-83-77(95)74(92)73(91)69(63-86)99-83/h21,23,59,61,67-71,73-84,86-89,91-97H,3-20,22,24-58,60,62-66H2,1-2H3,(H,85,90)/b23-21-,61-59+. The predicted molar refractivity (Wildman–Crippen MR) is 411 cm³/mol. The van der Waals surface area contributed by atoms with E-state index < -0.39 is 124 Å². The first kappa shape index (κ1) is 95.5. The third kappa shape index (κ3) is 44.6. The molecule has 19 heteroatoms. The number of allylic oxidation sites excluding steroid dienone is 3. The van der Waals surface area contributed by atoms with Gasteiger partial charge in [-0.25, -0.2) is 0 Å². The zero-order valence-corrected chi connectivity index (χ0v) is 65.3. The van der Waals surface area contributed by atoms with Gasteiger partial charge in [0.2, 0.25) is 5.91 Å². The van der Waals surface area contributed by atoms with Crippen LogP contribution in [0.4, 0.5) is 0 Å². The fourth-order valence-corrected chi connectivity index (χ4v) is 14.8. The van der Waals surface area contributed by atoms with Gasteiger partial charge in [0.05, 0.1) is 38.6 Å². The number of aliphatic hydroxyl groups excluding tert-OH is 11. The summed E-state index contributed by atoms with van der Waals surface area (Å²) >= 11 is 0. The molecule has 1 amide bonds. The maximum Gasteiger partial charge on any atom is 0.220 e. The lowest BCUT2D eigenvalue weighted by molar-refractivity contribution is -0.379. The predicted octanol–water partition coefficient (Wildman–Crippen LogP) is 15.3. The van der Waals surface area contributed by atoms with Gasteiger partial charge < -0.3 is 89.9 Å². The van der Waals surface area contributed by atoms with Crippen LogP contribution < -0.4 is 5.32 Å². The van der Waals surface area contributed by atoms with E-state index in [1.165, 1.54) is 302 Å². The molecule has 0 bridgehead atoms. The van der Waals surface area contributed by atoms with Crippen molar-refractivity contribution in [3.05, 3.63) is 24.3 Å². The molecule has 3 heterocycles. The normalized spacial score (nSPS) is 26.1. The van der Waals surface area contributed by atoms with Crippen LogP contribution in [0, 0.1) is 0 Å². The SMILES string of the molecule is CCCCCCCCCC/C=C\CCCCCCCCCCCCCCCCCCCCCCCCCC(=O)NC(COC1OC(CO)C(OC2OC(CO)C(OC3OC(CO)C(O)C(O)C3O)C(O)C2O)C(O)C1O)C(O)/C=C/CCCCCCCCCCCCCCCCCCCCCCC. The largest absolute Gasteiger partial charge is 0.394 e. The Bertz CT molecular complexity index is 1950. The lowest BCUT2D eigenvalue weighted by Gasteiger charge is -2.48. The van der Waals surface area contributed by atoms with Crippen LogP contribution in [0.15, 0.2) is 24.3 Å². The van der Waals surface area contributed by atoms with Crippen LogP contribution in [0.5, 0.6) is 0 Å². The number of carbonyl (C=O) groups excluding carboxylic acids is 1. The average Bonchev–Trinajstić information content (AvgIpc) is 0.781. The van der Waals surface area contributed by atoms with E-state index in [-0.39, 0.29) is 18.9 Å². The maximum atomic E-state index is 13.5. The molecule has 12 N–H and O–H groups in total. The molecule has 17 atom stereocenters. The molecule has 3 aliphatic rings. The zero-order chi connectivity index (χ0) is 74.6. The van der Waals surface area contributed by atoms with Gasteiger partial charge in [-0.2, -0.15) is 0 Å². The van der Waals surface area contributed by atoms with Crippen molar-refractivity contribution in [3.8, 4) is 0 Å². The van der Waals surface area contributed by atoms with Crippen molar-refractivity contribution in [2.45, 2.75) is 478 Å². The fourth-order valence-electron chi connectivity index (χ4n) is 14.8. The van der Waals surface area contributed by atoms with Gasteiger partial charge >= 0.3 is 0 Å². The first-order valence-corrected chi connectivity index (χ1v) is 43.1. The third-order valence-corrected chi connectivity index (χ3v) is 21.7. The van der Waals surface area contributed by atoms with Crippen LogP contribution in [0.3, 0.4) is 0 Å². The molecule has 0 aromatic heterocycles. The molecule has 3 aliphatic heterocycles. The minimum Gasteiger partial charge on any atom is -0.394 e. The highest BCUT2D eigenvalue weighted by Crippen LogP contribution is 2.33. The quantitative estimate of drug-likeness (QED) is 0.0199. The van der Waals surface area contributed by atoms with E-state index in [2.05, 4.69) is 31.3 Å². The first-order chi connectivity index (χ1) is 50.3. The van der Waals surface area contributed by atoms with Crippen LogP contribution in [-0.2, 0) is 33.2 Å². The molecule has 0 aromatic rings. The summed E-state index contributed by atoms with van der Waals surface area (Å²) in [7, 11) is 0. The lowest BCUT2D eigenvalue weighted by atomic mass is 9.96. The highest BCUT2D eigenvalue weighted by Gasteiger charge is 2.54. The van der Waals surface area contributed by atoms with Crippen molar-refractivity contribution in [3.63, 3.8) is 0 Å². The van der Waals surface area contributed by atoms with Crippen molar-refractivity contribution in [2.24, 2.45) is 0 Å². The van der Waals surface area contributed by atoms with E-state index in [0.29, 0.717) is 6.42 Å². The summed E-state index contributed by atoms with van der Waals surface area (Å²) in [4.78, 5) is 13.5. The molecular weight excluding hydrogens is 1310 g/mol. The number of hydrogen-bond donors (Lipinski definition) is 12. The van der Waals surface area contributed by atoms with Crippen LogP contribution >= 0.6 is 0 Å². The summed E-state index contributed by atoms with van der Waals surface area (Å²) in [6, 6.07) is -0.972. The van der Waals surface area contributed by atoms with Crippen LogP contribution in [-0.4, -0.2) is 193 Å². The van der Waals surface area contributed by atoms with Crippen molar-refractivity contribution in [2.75, 3.05) is 26.4 Å². The van der Waals surface area contributed by atoms with Gasteiger partial charge in [0.25, 0.3) is 0 Å². The van der Waals surface area contributed by atoms with Gasteiger partial charge in [-0.3, -0.25) is 4.79 Å². The van der Waals surface area contributed by atoms with E-state index in [0.717, 1.165) is 44.9 Å². The van der Waals surface area contributed by atoms with Crippen molar-refractivity contribution < 1.29 is 89.4 Å². The number of aliphatic hydroxyl groups is 11. The zero-order valence-electron chi connectivity index (χ0n) is 65.3.